The standard InChI is InChI=1S/C16H20ClFN2O2/c1-16(2,11-17)15(22)20-9-7-19(8-10-20)14(21)12-5-3-4-6-13(12)18/h3-6H,7-11H2,1-2H3. The molecule has 0 N–H and O–H groups in total. The van der Waals surface area contributed by atoms with Crippen molar-refractivity contribution >= 4 is 23.4 Å². The average molecular weight is 327 g/mol. The van der Waals surface area contributed by atoms with Crippen LogP contribution in [0.3, 0.4) is 0 Å². The number of nitrogens with zero attached hydrogens (tertiary/aromatic N) is 2. The number of hydrogen-bond donors (Lipinski definition) is 0. The normalized spacial score (nSPS) is 15.8. The van der Waals surface area contributed by atoms with E-state index in [1.54, 1.807) is 35.8 Å². The van der Waals surface area contributed by atoms with Gasteiger partial charge in [-0.1, -0.05) is 12.1 Å². The van der Waals surface area contributed by atoms with Crippen molar-refractivity contribution in [2.75, 3.05) is 32.1 Å². The van der Waals surface area contributed by atoms with E-state index in [0.29, 0.717) is 26.2 Å². The van der Waals surface area contributed by atoms with Gasteiger partial charge in [-0.05, 0) is 26.0 Å². The van der Waals surface area contributed by atoms with Gasteiger partial charge in [0.05, 0.1) is 11.0 Å². The van der Waals surface area contributed by atoms with Crippen molar-refractivity contribution in [3.63, 3.8) is 0 Å². The van der Waals surface area contributed by atoms with Crippen LogP contribution in [-0.4, -0.2) is 53.7 Å². The van der Waals surface area contributed by atoms with Crippen LogP contribution >= 0.6 is 11.6 Å². The van der Waals surface area contributed by atoms with E-state index >= 15 is 0 Å². The number of carbonyl (C=O) groups excluding carboxylic acids is 2. The highest BCUT2D eigenvalue weighted by molar-refractivity contribution is 6.19. The molecule has 22 heavy (non-hydrogen) atoms. The summed E-state index contributed by atoms with van der Waals surface area (Å²) in [5, 5.41) is 0. The van der Waals surface area contributed by atoms with Crippen molar-refractivity contribution in [2.24, 2.45) is 5.41 Å². The fraction of sp³-hybridized carbons (Fsp3) is 0.500. The van der Waals surface area contributed by atoms with Crippen molar-refractivity contribution in [1.82, 2.24) is 9.80 Å². The molecule has 120 valence electrons. The quantitative estimate of drug-likeness (QED) is 0.800. The van der Waals surface area contributed by atoms with E-state index in [0.717, 1.165) is 0 Å². The zero-order valence-electron chi connectivity index (χ0n) is 12.8. The molecule has 0 unspecified atom stereocenters. The Labute approximate surface area is 134 Å². The fourth-order valence-electron chi connectivity index (χ4n) is 2.40. The van der Waals surface area contributed by atoms with Crippen molar-refractivity contribution < 1.29 is 14.0 Å². The van der Waals surface area contributed by atoms with Gasteiger partial charge in [-0.3, -0.25) is 9.59 Å². The second kappa shape index (κ2) is 6.65. The summed E-state index contributed by atoms with van der Waals surface area (Å²) in [6.45, 7) is 5.30. The lowest BCUT2D eigenvalue weighted by Crippen LogP contribution is -2.53. The molecule has 0 spiro atoms. The van der Waals surface area contributed by atoms with Gasteiger partial charge in [0.1, 0.15) is 5.82 Å². The fourth-order valence-corrected chi connectivity index (χ4v) is 2.52. The molecule has 4 nitrogen and oxygen atoms in total. The van der Waals surface area contributed by atoms with Crippen LogP contribution in [0, 0.1) is 11.2 Å². The van der Waals surface area contributed by atoms with Crippen LogP contribution in [-0.2, 0) is 4.79 Å². The monoisotopic (exact) mass is 326 g/mol. The van der Waals surface area contributed by atoms with Crippen molar-refractivity contribution in [3.05, 3.63) is 35.6 Å². The van der Waals surface area contributed by atoms with Crippen LogP contribution in [0.2, 0.25) is 0 Å². The third-order valence-electron chi connectivity index (χ3n) is 3.87. The number of amides is 2. The van der Waals surface area contributed by atoms with E-state index < -0.39 is 11.2 Å². The largest absolute Gasteiger partial charge is 0.339 e. The highest BCUT2D eigenvalue weighted by Gasteiger charge is 2.34. The van der Waals surface area contributed by atoms with Crippen LogP contribution in [0.4, 0.5) is 4.39 Å². The van der Waals surface area contributed by atoms with Gasteiger partial charge in [0.25, 0.3) is 5.91 Å². The minimum absolute atomic E-state index is 0.0134. The highest BCUT2D eigenvalue weighted by atomic mass is 35.5. The molecule has 1 aromatic carbocycles. The topological polar surface area (TPSA) is 40.6 Å². The number of hydrogen-bond acceptors (Lipinski definition) is 2. The molecule has 2 rings (SSSR count). The van der Waals surface area contributed by atoms with E-state index in [4.69, 9.17) is 11.6 Å². The Balaban J connectivity index is 1.99. The number of benzene rings is 1. The Morgan fingerprint density at radius 2 is 1.68 bits per heavy atom. The maximum atomic E-state index is 13.7. The Morgan fingerprint density at radius 3 is 2.23 bits per heavy atom. The maximum absolute atomic E-state index is 13.7. The summed E-state index contributed by atoms with van der Waals surface area (Å²) in [5.74, 6) is -0.614. The second-order valence-corrected chi connectivity index (χ2v) is 6.35. The predicted molar refractivity (Wildman–Crippen MR) is 83.4 cm³/mol. The van der Waals surface area contributed by atoms with E-state index in [1.807, 2.05) is 0 Å². The smallest absolute Gasteiger partial charge is 0.256 e. The van der Waals surface area contributed by atoms with Crippen molar-refractivity contribution in [2.45, 2.75) is 13.8 Å². The van der Waals surface area contributed by atoms with Gasteiger partial charge < -0.3 is 9.80 Å². The summed E-state index contributed by atoms with van der Waals surface area (Å²) in [5.41, 5.74) is -0.539. The van der Waals surface area contributed by atoms with Crippen LogP contribution in [0.25, 0.3) is 0 Å². The average Bonchev–Trinajstić information content (AvgIpc) is 2.54. The maximum Gasteiger partial charge on any atom is 0.256 e. The summed E-state index contributed by atoms with van der Waals surface area (Å²) in [7, 11) is 0. The predicted octanol–water partition coefficient (Wildman–Crippen LogP) is 2.38. The third kappa shape index (κ3) is 3.40. The summed E-state index contributed by atoms with van der Waals surface area (Å²) >= 11 is 5.83. The lowest BCUT2D eigenvalue weighted by Gasteiger charge is -2.38. The molecule has 1 aliphatic heterocycles. The molecule has 2 amide bonds. The molecule has 0 atom stereocenters. The van der Waals surface area contributed by atoms with E-state index in [-0.39, 0.29) is 23.3 Å². The number of piperazine rings is 1. The van der Waals surface area contributed by atoms with E-state index in [9.17, 15) is 14.0 Å². The van der Waals surface area contributed by atoms with Gasteiger partial charge in [-0.25, -0.2) is 4.39 Å². The highest BCUT2D eigenvalue weighted by Crippen LogP contribution is 2.22. The lowest BCUT2D eigenvalue weighted by atomic mass is 9.94. The minimum Gasteiger partial charge on any atom is -0.339 e. The van der Waals surface area contributed by atoms with Crippen molar-refractivity contribution in [1.29, 1.82) is 0 Å². The molecular formula is C16H20ClFN2O2. The summed E-state index contributed by atoms with van der Waals surface area (Å²) in [6.07, 6.45) is 0. The summed E-state index contributed by atoms with van der Waals surface area (Å²) in [6, 6.07) is 5.94. The van der Waals surface area contributed by atoms with Gasteiger partial charge in [0, 0.05) is 32.1 Å². The molecule has 0 radical (unpaired) electrons. The molecule has 0 aliphatic carbocycles. The SMILES string of the molecule is CC(C)(CCl)C(=O)N1CCN(C(=O)c2ccccc2F)CC1. The van der Waals surface area contributed by atoms with Crippen LogP contribution < -0.4 is 0 Å². The first-order chi connectivity index (χ1) is 10.4. The minimum atomic E-state index is -0.612. The molecule has 0 bridgehead atoms. The molecule has 1 fully saturated rings. The summed E-state index contributed by atoms with van der Waals surface area (Å²) < 4.78 is 13.7. The van der Waals surface area contributed by atoms with Gasteiger partial charge in [-0.2, -0.15) is 0 Å². The molecule has 6 heteroatoms. The molecule has 0 saturated carbocycles. The third-order valence-corrected chi connectivity index (χ3v) is 4.54. The second-order valence-electron chi connectivity index (χ2n) is 6.08. The first-order valence-corrected chi connectivity index (χ1v) is 7.79. The first kappa shape index (κ1) is 16.7. The Bertz CT molecular complexity index is 569. The zero-order chi connectivity index (χ0) is 16.3. The van der Waals surface area contributed by atoms with Gasteiger partial charge in [-0.15, -0.1) is 11.6 Å². The van der Waals surface area contributed by atoms with Gasteiger partial charge >= 0.3 is 0 Å². The Hall–Kier alpha value is -1.62. The Kier molecular flexibility index (Phi) is 5.06. The molecule has 1 heterocycles. The summed E-state index contributed by atoms with van der Waals surface area (Å²) in [4.78, 5) is 27.9. The molecule has 1 aromatic rings. The van der Waals surface area contributed by atoms with Crippen molar-refractivity contribution in [3.8, 4) is 0 Å². The lowest BCUT2D eigenvalue weighted by molar-refractivity contribution is -0.140. The molecule has 1 aliphatic rings. The molecule has 1 saturated heterocycles. The van der Waals surface area contributed by atoms with Crippen LogP contribution in [0.1, 0.15) is 24.2 Å². The number of rotatable bonds is 3. The number of carbonyl (C=O) groups is 2. The molecular weight excluding hydrogens is 307 g/mol. The van der Waals surface area contributed by atoms with Gasteiger partial charge in [0.2, 0.25) is 5.91 Å². The van der Waals surface area contributed by atoms with Crippen LogP contribution in [0.5, 0.6) is 0 Å². The Morgan fingerprint density at radius 1 is 1.14 bits per heavy atom. The number of alkyl halides is 1. The van der Waals surface area contributed by atoms with E-state index in [2.05, 4.69) is 0 Å². The number of halogens is 2. The first-order valence-electron chi connectivity index (χ1n) is 7.26. The van der Waals surface area contributed by atoms with Crippen LogP contribution in [0.15, 0.2) is 24.3 Å². The van der Waals surface area contributed by atoms with Gasteiger partial charge in [0.15, 0.2) is 0 Å². The molecule has 0 aromatic heterocycles. The zero-order valence-corrected chi connectivity index (χ0v) is 13.6. The van der Waals surface area contributed by atoms with E-state index in [1.165, 1.54) is 12.1 Å².